The monoisotopic (exact) mass is 236 g/mol. The second kappa shape index (κ2) is 4.99. The molecule has 0 unspecified atom stereocenters. The molecule has 0 spiro atoms. The van der Waals surface area contributed by atoms with Crippen LogP contribution in [0.2, 0.25) is 0 Å². The topological polar surface area (TPSA) is 38.0 Å². The molecule has 2 rings (SSSR count). The predicted molar refractivity (Wildman–Crippen MR) is 67.3 cm³/mol. The van der Waals surface area contributed by atoms with Crippen LogP contribution >= 0.6 is 11.3 Å². The molecule has 0 saturated heterocycles. The molecule has 0 aliphatic rings. The highest BCUT2D eigenvalue weighted by atomic mass is 32.1. The fourth-order valence-corrected chi connectivity index (χ4v) is 2.16. The normalized spacial score (nSPS) is 10.3. The fraction of sp³-hybridized carbons (Fsp3) is 0.167. The lowest BCUT2D eigenvalue weighted by Crippen LogP contribution is -2.05. The molecule has 84 valence electrons. The summed E-state index contributed by atoms with van der Waals surface area (Å²) in [4.78, 5) is 1.29. The average Bonchev–Trinajstić information content (AvgIpc) is 2.74. The Labute approximate surface area is 97.9 Å². The second-order valence-electron chi connectivity index (χ2n) is 3.50. The maximum atomic E-state index is 13.4. The maximum absolute atomic E-state index is 13.4. The molecule has 2 nitrogen and oxygen atoms in total. The van der Waals surface area contributed by atoms with Crippen LogP contribution in [0, 0.1) is 5.82 Å². The minimum absolute atomic E-state index is 0.300. The summed E-state index contributed by atoms with van der Waals surface area (Å²) in [5.41, 5.74) is 6.42. The molecule has 1 aromatic heterocycles. The molecule has 4 heteroatoms. The summed E-state index contributed by atoms with van der Waals surface area (Å²) in [5, 5.41) is 5.10. The Bertz CT molecular complexity index is 454. The highest BCUT2D eigenvalue weighted by Crippen LogP contribution is 2.17. The van der Waals surface area contributed by atoms with E-state index in [-0.39, 0.29) is 5.82 Å². The molecule has 1 heterocycles. The van der Waals surface area contributed by atoms with Gasteiger partial charge < -0.3 is 11.1 Å². The van der Waals surface area contributed by atoms with Crippen LogP contribution in [0.5, 0.6) is 0 Å². The van der Waals surface area contributed by atoms with Crippen molar-refractivity contribution in [2.75, 3.05) is 17.6 Å². The number of rotatable bonds is 4. The Kier molecular flexibility index (Phi) is 3.41. The Hall–Kier alpha value is -1.55. The summed E-state index contributed by atoms with van der Waals surface area (Å²) in [6, 6.07) is 8.78. The van der Waals surface area contributed by atoms with Crippen LogP contribution in [0.1, 0.15) is 4.88 Å². The lowest BCUT2D eigenvalue weighted by molar-refractivity contribution is 0.631. The van der Waals surface area contributed by atoms with Crippen LogP contribution in [-0.4, -0.2) is 6.54 Å². The van der Waals surface area contributed by atoms with Crippen LogP contribution in [0.3, 0.4) is 0 Å². The van der Waals surface area contributed by atoms with Crippen LogP contribution in [0.25, 0.3) is 0 Å². The van der Waals surface area contributed by atoms with Crippen molar-refractivity contribution in [1.29, 1.82) is 0 Å². The first kappa shape index (κ1) is 11.0. The zero-order chi connectivity index (χ0) is 11.4. The van der Waals surface area contributed by atoms with E-state index in [4.69, 9.17) is 5.73 Å². The summed E-state index contributed by atoms with van der Waals surface area (Å²) >= 11 is 1.71. The number of nitrogens with one attached hydrogen (secondary N) is 1. The molecular weight excluding hydrogens is 223 g/mol. The van der Waals surface area contributed by atoms with Crippen molar-refractivity contribution >= 4 is 22.7 Å². The molecular formula is C12H13FN2S. The highest BCUT2D eigenvalue weighted by molar-refractivity contribution is 7.09. The fourth-order valence-electron chi connectivity index (χ4n) is 1.45. The number of nitrogens with two attached hydrogens (primary N) is 1. The van der Waals surface area contributed by atoms with Crippen molar-refractivity contribution in [3.63, 3.8) is 0 Å². The minimum atomic E-state index is -0.300. The van der Waals surface area contributed by atoms with E-state index in [9.17, 15) is 4.39 Å². The van der Waals surface area contributed by atoms with Gasteiger partial charge in [-0.3, -0.25) is 0 Å². The van der Waals surface area contributed by atoms with Crippen LogP contribution in [-0.2, 0) is 6.42 Å². The first-order valence-electron chi connectivity index (χ1n) is 5.07. The third kappa shape index (κ3) is 2.73. The Morgan fingerprint density at radius 3 is 2.88 bits per heavy atom. The van der Waals surface area contributed by atoms with Gasteiger partial charge in [0.2, 0.25) is 0 Å². The van der Waals surface area contributed by atoms with Crippen molar-refractivity contribution in [3.05, 3.63) is 46.4 Å². The molecule has 3 N–H and O–H groups in total. The van der Waals surface area contributed by atoms with E-state index in [0.29, 0.717) is 11.4 Å². The first-order chi connectivity index (χ1) is 7.75. The third-order valence-electron chi connectivity index (χ3n) is 2.26. The summed E-state index contributed by atoms with van der Waals surface area (Å²) in [6.45, 7) is 0.724. The van der Waals surface area contributed by atoms with Gasteiger partial charge >= 0.3 is 0 Å². The van der Waals surface area contributed by atoms with E-state index >= 15 is 0 Å². The molecule has 0 radical (unpaired) electrons. The Morgan fingerprint density at radius 2 is 2.19 bits per heavy atom. The zero-order valence-corrected chi connectivity index (χ0v) is 9.56. The maximum Gasteiger partial charge on any atom is 0.148 e. The van der Waals surface area contributed by atoms with Gasteiger partial charge in [0.05, 0.1) is 5.69 Å². The summed E-state index contributed by atoms with van der Waals surface area (Å²) in [6.07, 6.45) is 0.904. The van der Waals surface area contributed by atoms with Gasteiger partial charge in [-0.2, -0.15) is 0 Å². The smallest absolute Gasteiger partial charge is 0.148 e. The SMILES string of the molecule is Nc1ccc(NCCc2cccs2)c(F)c1. The highest BCUT2D eigenvalue weighted by Gasteiger charge is 2.01. The molecule has 2 aromatic rings. The minimum Gasteiger partial charge on any atom is -0.399 e. The molecule has 1 aromatic carbocycles. The zero-order valence-electron chi connectivity index (χ0n) is 8.74. The number of anilines is 2. The molecule has 0 bridgehead atoms. The van der Waals surface area contributed by atoms with E-state index in [1.807, 2.05) is 11.4 Å². The van der Waals surface area contributed by atoms with E-state index < -0.39 is 0 Å². The molecule has 0 aliphatic carbocycles. The molecule has 0 aliphatic heterocycles. The van der Waals surface area contributed by atoms with E-state index in [1.165, 1.54) is 10.9 Å². The van der Waals surface area contributed by atoms with E-state index in [2.05, 4.69) is 11.4 Å². The predicted octanol–water partition coefficient (Wildman–Crippen LogP) is 3.12. The summed E-state index contributed by atoms with van der Waals surface area (Å²) < 4.78 is 13.4. The van der Waals surface area contributed by atoms with Crippen molar-refractivity contribution in [1.82, 2.24) is 0 Å². The molecule has 0 atom stereocenters. The quantitative estimate of drug-likeness (QED) is 0.800. The third-order valence-corrected chi connectivity index (χ3v) is 3.20. The second-order valence-corrected chi connectivity index (χ2v) is 4.53. The van der Waals surface area contributed by atoms with Crippen molar-refractivity contribution in [2.24, 2.45) is 0 Å². The summed E-state index contributed by atoms with van der Waals surface area (Å²) in [5.74, 6) is -0.300. The van der Waals surface area contributed by atoms with Gasteiger partial charge in [0.1, 0.15) is 5.82 Å². The number of nitrogen functional groups attached to an aromatic ring is 1. The van der Waals surface area contributed by atoms with Crippen molar-refractivity contribution < 1.29 is 4.39 Å². The Morgan fingerprint density at radius 1 is 1.31 bits per heavy atom. The van der Waals surface area contributed by atoms with Gasteiger partial charge in [0.15, 0.2) is 0 Å². The lowest BCUT2D eigenvalue weighted by Gasteiger charge is -2.07. The molecule has 16 heavy (non-hydrogen) atoms. The lowest BCUT2D eigenvalue weighted by atomic mass is 10.2. The molecule has 0 amide bonds. The number of thiophene rings is 1. The first-order valence-corrected chi connectivity index (χ1v) is 5.95. The standard InChI is InChI=1S/C12H13FN2S/c13-11-8-9(14)3-4-12(11)15-6-5-10-2-1-7-16-10/h1-4,7-8,15H,5-6,14H2. The largest absolute Gasteiger partial charge is 0.399 e. The van der Waals surface area contributed by atoms with Gasteiger partial charge in [-0.1, -0.05) is 6.07 Å². The van der Waals surface area contributed by atoms with Crippen molar-refractivity contribution in [2.45, 2.75) is 6.42 Å². The summed E-state index contributed by atoms with van der Waals surface area (Å²) in [7, 11) is 0. The van der Waals surface area contributed by atoms with Gasteiger partial charge in [0, 0.05) is 17.1 Å². The molecule has 0 fully saturated rings. The van der Waals surface area contributed by atoms with E-state index in [1.54, 1.807) is 23.5 Å². The van der Waals surface area contributed by atoms with Gasteiger partial charge in [-0.05, 0) is 36.1 Å². The number of hydrogen-bond donors (Lipinski definition) is 2. The van der Waals surface area contributed by atoms with Crippen LogP contribution in [0.4, 0.5) is 15.8 Å². The average molecular weight is 236 g/mol. The molecule has 0 saturated carbocycles. The number of hydrogen-bond acceptors (Lipinski definition) is 3. The van der Waals surface area contributed by atoms with Gasteiger partial charge in [-0.15, -0.1) is 11.3 Å². The van der Waals surface area contributed by atoms with Crippen LogP contribution in [0.15, 0.2) is 35.7 Å². The van der Waals surface area contributed by atoms with Crippen LogP contribution < -0.4 is 11.1 Å². The Balaban J connectivity index is 1.90. The van der Waals surface area contributed by atoms with Gasteiger partial charge in [0.25, 0.3) is 0 Å². The number of halogens is 1. The van der Waals surface area contributed by atoms with Gasteiger partial charge in [-0.25, -0.2) is 4.39 Å². The van der Waals surface area contributed by atoms with Crippen molar-refractivity contribution in [3.8, 4) is 0 Å². The van der Waals surface area contributed by atoms with E-state index in [0.717, 1.165) is 13.0 Å². The number of benzene rings is 1.